The number of alkyl halides is 3. The van der Waals surface area contributed by atoms with E-state index in [1.165, 1.54) is 6.20 Å². The van der Waals surface area contributed by atoms with Gasteiger partial charge in [0, 0.05) is 37.8 Å². The summed E-state index contributed by atoms with van der Waals surface area (Å²) in [4.78, 5) is 50.0. The third-order valence-corrected chi connectivity index (χ3v) is 7.95. The molecular weight excluding hydrogens is 645 g/mol. The van der Waals surface area contributed by atoms with Crippen molar-refractivity contribution in [2.75, 3.05) is 58.0 Å². The number of likely N-dealkylation sites (tertiary alicyclic amines) is 1. The van der Waals surface area contributed by atoms with Crippen LogP contribution in [0.5, 0.6) is 0 Å². The summed E-state index contributed by atoms with van der Waals surface area (Å²) in [7, 11) is 2.09. The van der Waals surface area contributed by atoms with E-state index in [1.54, 1.807) is 34.3 Å². The maximum Gasteiger partial charge on any atom is 0.490 e. The summed E-state index contributed by atoms with van der Waals surface area (Å²) in [6.07, 6.45) is -1.85. The number of hydrazine groups is 1. The number of hydrogen-bond acceptors (Lipinski definition) is 10. The Bertz CT molecular complexity index is 1420. The zero-order valence-electron chi connectivity index (χ0n) is 26.3. The smallest absolute Gasteiger partial charge is 0.480 e. The van der Waals surface area contributed by atoms with Gasteiger partial charge in [0.05, 0.1) is 12.9 Å². The van der Waals surface area contributed by atoms with Gasteiger partial charge in [-0.25, -0.2) is 19.8 Å². The first-order valence-electron chi connectivity index (χ1n) is 14.9. The summed E-state index contributed by atoms with van der Waals surface area (Å²) in [6, 6.07) is 10.4. The summed E-state index contributed by atoms with van der Waals surface area (Å²) in [5.41, 5.74) is 0.495. The van der Waals surface area contributed by atoms with Gasteiger partial charge in [0.15, 0.2) is 5.82 Å². The zero-order valence-corrected chi connectivity index (χ0v) is 27.0. The van der Waals surface area contributed by atoms with E-state index in [1.807, 2.05) is 30.9 Å². The number of carboxylic acid groups (broad SMARTS) is 2. The fourth-order valence-corrected chi connectivity index (χ4v) is 5.56. The van der Waals surface area contributed by atoms with Crippen LogP contribution in [0, 0.1) is 17.2 Å². The number of nitrogens with zero attached hydrogens (tertiary/aromatic N) is 8. The van der Waals surface area contributed by atoms with E-state index in [2.05, 4.69) is 26.8 Å². The fraction of sp³-hybridized carbons (Fsp3) is 0.533. The van der Waals surface area contributed by atoms with Gasteiger partial charge in [0.2, 0.25) is 5.82 Å². The summed E-state index contributed by atoms with van der Waals surface area (Å²) in [6.45, 7) is 7.91. The molecule has 1 unspecified atom stereocenters. The number of carbonyl (C=O) groups excluding carboxylic acids is 1. The predicted octanol–water partition coefficient (Wildman–Crippen LogP) is 3.28. The first-order chi connectivity index (χ1) is 22.1. The number of anilines is 1. The van der Waals surface area contributed by atoms with Crippen LogP contribution in [0.25, 0.3) is 0 Å². The van der Waals surface area contributed by atoms with Crippen molar-refractivity contribution in [2.24, 2.45) is 5.92 Å². The van der Waals surface area contributed by atoms with Gasteiger partial charge < -0.3 is 15.1 Å². The highest BCUT2D eigenvalue weighted by atomic mass is 35.5. The number of benzene rings is 1. The van der Waals surface area contributed by atoms with Gasteiger partial charge in [-0.05, 0) is 51.0 Å². The van der Waals surface area contributed by atoms with Crippen molar-refractivity contribution in [3.05, 3.63) is 52.9 Å². The van der Waals surface area contributed by atoms with Gasteiger partial charge in [0.25, 0.3) is 5.91 Å². The van der Waals surface area contributed by atoms with Crippen LogP contribution in [0.3, 0.4) is 0 Å². The van der Waals surface area contributed by atoms with Crippen LogP contribution in [0.4, 0.5) is 19.0 Å². The lowest BCUT2D eigenvalue weighted by atomic mass is 9.99. The Balaban J connectivity index is 0.000000771. The molecule has 0 saturated carbocycles. The Morgan fingerprint density at radius 2 is 1.72 bits per heavy atom. The maximum atomic E-state index is 13.9. The van der Waals surface area contributed by atoms with Crippen LogP contribution in [0.15, 0.2) is 36.5 Å². The predicted molar refractivity (Wildman–Crippen MR) is 165 cm³/mol. The van der Waals surface area contributed by atoms with Crippen LogP contribution in [0.2, 0.25) is 5.02 Å². The molecular formula is C30H38ClF3N8O5. The van der Waals surface area contributed by atoms with E-state index >= 15 is 0 Å². The topological polar surface area (TPSA) is 157 Å². The van der Waals surface area contributed by atoms with Crippen LogP contribution in [-0.4, -0.2) is 129 Å². The summed E-state index contributed by atoms with van der Waals surface area (Å²) >= 11 is 6.57. The molecule has 2 aromatic rings. The second-order valence-electron chi connectivity index (χ2n) is 11.7. The minimum absolute atomic E-state index is 0.0726. The van der Waals surface area contributed by atoms with E-state index in [9.17, 15) is 33.1 Å². The van der Waals surface area contributed by atoms with Gasteiger partial charge in [-0.15, -0.1) is 0 Å². The first kappa shape index (κ1) is 37.4. The summed E-state index contributed by atoms with van der Waals surface area (Å²) < 4.78 is 31.7. The largest absolute Gasteiger partial charge is 0.490 e. The van der Waals surface area contributed by atoms with E-state index in [4.69, 9.17) is 21.5 Å². The number of aliphatic carboxylic acids is 2. The molecule has 3 heterocycles. The van der Waals surface area contributed by atoms with Crippen molar-refractivity contribution in [2.45, 2.75) is 44.9 Å². The number of amides is 1. The SMILES string of the molecule is CC(C)CN(C(=O)c1ccccc1)N(CN1CCN(C2CCN(C)CC2)C(C(=O)O)C1)c1nc(C#N)ncc1Cl.O=C(O)C(F)(F)F. The Kier molecular flexibility index (Phi) is 13.3. The van der Waals surface area contributed by atoms with E-state index in [0.29, 0.717) is 25.2 Å². The van der Waals surface area contributed by atoms with Crippen LogP contribution in [-0.2, 0) is 9.59 Å². The number of piperidine rings is 1. The van der Waals surface area contributed by atoms with Gasteiger partial charge in [0.1, 0.15) is 17.1 Å². The van der Waals surface area contributed by atoms with Crippen LogP contribution >= 0.6 is 11.6 Å². The quantitative estimate of drug-likeness (QED) is 0.373. The van der Waals surface area contributed by atoms with Crippen molar-refractivity contribution in [3.63, 3.8) is 0 Å². The average Bonchev–Trinajstić information content (AvgIpc) is 3.03. The second-order valence-corrected chi connectivity index (χ2v) is 12.1. The molecule has 47 heavy (non-hydrogen) atoms. The molecule has 1 amide bonds. The third kappa shape index (κ3) is 10.5. The van der Waals surface area contributed by atoms with Crippen LogP contribution in [0.1, 0.15) is 42.9 Å². The highest BCUT2D eigenvalue weighted by Gasteiger charge is 2.39. The number of aromatic nitrogens is 2. The molecule has 17 heteroatoms. The Morgan fingerprint density at radius 3 is 2.26 bits per heavy atom. The highest BCUT2D eigenvalue weighted by molar-refractivity contribution is 6.32. The zero-order chi connectivity index (χ0) is 34.9. The maximum absolute atomic E-state index is 13.9. The minimum atomic E-state index is -5.08. The fourth-order valence-electron chi connectivity index (χ4n) is 5.37. The van der Waals surface area contributed by atoms with Crippen molar-refractivity contribution in [3.8, 4) is 6.07 Å². The molecule has 256 valence electrons. The van der Waals surface area contributed by atoms with Gasteiger partial charge >= 0.3 is 18.1 Å². The molecule has 1 aromatic heterocycles. The molecule has 13 nitrogen and oxygen atoms in total. The van der Waals surface area contributed by atoms with Gasteiger partial charge in [-0.2, -0.15) is 23.4 Å². The normalized spacial score (nSPS) is 18.1. The monoisotopic (exact) mass is 682 g/mol. The van der Waals surface area contributed by atoms with E-state index < -0.39 is 24.2 Å². The number of carboxylic acids is 2. The summed E-state index contributed by atoms with van der Waals surface area (Å²) in [5, 5.41) is 30.3. The van der Waals surface area contributed by atoms with Crippen molar-refractivity contribution in [1.29, 1.82) is 5.26 Å². The number of hydrogen-bond donors (Lipinski definition) is 2. The molecule has 0 bridgehead atoms. The second kappa shape index (κ2) is 16.7. The number of piperazine rings is 1. The summed E-state index contributed by atoms with van der Waals surface area (Å²) in [5.74, 6) is -3.62. The van der Waals surface area contributed by atoms with Crippen molar-refractivity contribution in [1.82, 2.24) is 29.7 Å². The molecule has 2 aliphatic rings. The molecule has 2 N–H and O–H groups in total. The number of nitriles is 1. The molecule has 0 radical (unpaired) electrons. The lowest BCUT2D eigenvalue weighted by Crippen LogP contribution is -2.63. The van der Waals surface area contributed by atoms with Gasteiger partial charge in [-0.3, -0.25) is 19.4 Å². The average molecular weight is 683 g/mol. The Morgan fingerprint density at radius 1 is 1.11 bits per heavy atom. The Hall–Kier alpha value is -4.04. The third-order valence-electron chi connectivity index (χ3n) is 7.68. The number of carbonyl (C=O) groups is 3. The molecule has 2 saturated heterocycles. The lowest BCUT2D eigenvalue weighted by molar-refractivity contribution is -0.192. The van der Waals surface area contributed by atoms with E-state index in [-0.39, 0.29) is 47.7 Å². The molecule has 1 aromatic carbocycles. The molecule has 0 spiro atoms. The van der Waals surface area contributed by atoms with Crippen LogP contribution < -0.4 is 5.01 Å². The molecule has 0 aliphatic carbocycles. The molecule has 2 aliphatic heterocycles. The first-order valence-corrected chi connectivity index (χ1v) is 15.3. The Labute approximate surface area is 275 Å². The van der Waals surface area contributed by atoms with Crippen molar-refractivity contribution < 1.29 is 37.8 Å². The molecule has 4 rings (SSSR count). The number of rotatable bonds is 9. The minimum Gasteiger partial charge on any atom is -0.480 e. The standard InChI is InChI=1S/C28H37ClN8O3.C2HF3O2/c1-20(2)17-36(27(38)21-7-5-4-6-8-21)37(26-23(29)16-31-25(15-30)32-26)19-34-13-14-35(24(18-34)28(39)40)22-9-11-33(3)12-10-22;3-2(4,5)1(6)7/h4-8,16,20,22,24H,9-14,17-19H2,1-3H3,(H,39,40);(H,6,7). The molecule has 1 atom stereocenters. The lowest BCUT2D eigenvalue weighted by Gasteiger charge is -2.47. The molecule has 2 fully saturated rings. The number of halogens is 4. The van der Waals surface area contributed by atoms with Crippen molar-refractivity contribution >= 4 is 35.3 Å². The highest BCUT2D eigenvalue weighted by Crippen LogP contribution is 2.28. The van der Waals surface area contributed by atoms with Gasteiger partial charge in [-0.1, -0.05) is 43.6 Å². The van der Waals surface area contributed by atoms with E-state index in [0.717, 1.165) is 25.9 Å².